The summed E-state index contributed by atoms with van der Waals surface area (Å²) in [4.78, 5) is 7.32. The van der Waals surface area contributed by atoms with Crippen LogP contribution in [-0.2, 0) is 5.41 Å². The molecule has 0 bridgehead atoms. The van der Waals surface area contributed by atoms with Crippen molar-refractivity contribution in [3.8, 4) is 33.4 Å². The molecule has 0 fully saturated rings. The van der Waals surface area contributed by atoms with Crippen molar-refractivity contribution in [3.63, 3.8) is 0 Å². The van der Waals surface area contributed by atoms with Crippen LogP contribution < -0.4 is 4.90 Å². The molecule has 0 saturated carbocycles. The number of furan rings is 1. The molecule has 0 saturated heterocycles. The van der Waals surface area contributed by atoms with Gasteiger partial charge in [-0.3, -0.25) is 4.98 Å². The second kappa shape index (κ2) is 11.4. The average Bonchev–Trinajstić information content (AvgIpc) is 3.90. The molecular formula is C52H32N2O. The maximum absolute atomic E-state index is 6.90. The van der Waals surface area contributed by atoms with Gasteiger partial charge in [0.15, 0.2) is 5.58 Å². The lowest BCUT2D eigenvalue weighted by Gasteiger charge is -2.31. The van der Waals surface area contributed by atoms with Gasteiger partial charge in [0.05, 0.1) is 17.3 Å². The third kappa shape index (κ3) is 4.07. The topological polar surface area (TPSA) is 29.3 Å². The first kappa shape index (κ1) is 30.3. The van der Waals surface area contributed by atoms with Gasteiger partial charge in [-0.15, -0.1) is 0 Å². The first-order valence-electron chi connectivity index (χ1n) is 18.9. The van der Waals surface area contributed by atoms with E-state index in [0.717, 1.165) is 50.0 Å². The van der Waals surface area contributed by atoms with Gasteiger partial charge in [0.2, 0.25) is 0 Å². The molecule has 2 aliphatic rings. The maximum atomic E-state index is 6.90. The summed E-state index contributed by atoms with van der Waals surface area (Å²) in [6.07, 6.45) is 3.92. The minimum Gasteiger partial charge on any atom is -0.454 e. The average molecular weight is 701 g/mol. The summed E-state index contributed by atoms with van der Waals surface area (Å²) in [5, 5.41) is 4.42. The van der Waals surface area contributed by atoms with Gasteiger partial charge in [-0.1, -0.05) is 158 Å². The zero-order valence-corrected chi connectivity index (χ0v) is 29.8. The third-order valence-electron chi connectivity index (χ3n) is 12.0. The number of anilines is 3. The minimum atomic E-state index is -0.458. The number of rotatable bonds is 4. The number of aromatic nitrogens is 1. The Labute approximate surface area is 318 Å². The Balaban J connectivity index is 1.17. The smallest absolute Gasteiger partial charge is 0.162 e. The van der Waals surface area contributed by atoms with Crippen molar-refractivity contribution in [2.45, 2.75) is 5.41 Å². The molecule has 1 spiro atoms. The molecule has 10 aromatic rings. The molecule has 2 heterocycles. The van der Waals surface area contributed by atoms with E-state index in [4.69, 9.17) is 9.40 Å². The largest absolute Gasteiger partial charge is 0.454 e. The van der Waals surface area contributed by atoms with Crippen molar-refractivity contribution >= 4 is 49.8 Å². The van der Waals surface area contributed by atoms with E-state index in [1.165, 1.54) is 55.5 Å². The minimum absolute atomic E-state index is 0.458. The highest BCUT2D eigenvalue weighted by Gasteiger charge is 2.52. The van der Waals surface area contributed by atoms with Crippen molar-refractivity contribution < 1.29 is 4.42 Å². The van der Waals surface area contributed by atoms with Crippen molar-refractivity contribution in [1.82, 2.24) is 4.98 Å². The summed E-state index contributed by atoms with van der Waals surface area (Å²) >= 11 is 0. The summed E-state index contributed by atoms with van der Waals surface area (Å²) in [7, 11) is 0. The molecule has 2 aliphatic carbocycles. The molecule has 0 atom stereocenters. The predicted octanol–water partition coefficient (Wildman–Crippen LogP) is 13.6. The van der Waals surface area contributed by atoms with E-state index in [1.54, 1.807) is 0 Å². The molecular weight excluding hydrogens is 669 g/mol. The fourth-order valence-corrected chi connectivity index (χ4v) is 9.76. The highest BCUT2D eigenvalue weighted by Crippen LogP contribution is 2.64. The SMILES string of the molecule is c1ccc(-c2ccc(N(c3cccc4c3-c3ccccc3C43c4ccccc4-c4ccccc43)c3cncc4c3oc3ccc5ccccc5c34)cc2)cc1. The Bertz CT molecular complexity index is 3110. The highest BCUT2D eigenvalue weighted by molar-refractivity contribution is 6.21. The Kier molecular flexibility index (Phi) is 6.26. The molecule has 256 valence electrons. The van der Waals surface area contributed by atoms with Gasteiger partial charge in [-0.05, 0) is 85.1 Å². The number of hydrogen-bond donors (Lipinski definition) is 0. The number of fused-ring (bicyclic) bond motifs is 15. The maximum Gasteiger partial charge on any atom is 0.162 e. The molecule has 3 heteroatoms. The Morgan fingerprint density at radius 1 is 0.436 bits per heavy atom. The second-order valence-electron chi connectivity index (χ2n) is 14.6. The number of hydrogen-bond acceptors (Lipinski definition) is 3. The van der Waals surface area contributed by atoms with Crippen LogP contribution in [0.3, 0.4) is 0 Å². The van der Waals surface area contributed by atoms with Crippen molar-refractivity contribution in [2.75, 3.05) is 4.90 Å². The summed E-state index contributed by atoms with van der Waals surface area (Å²) in [6, 6.07) is 66.0. The van der Waals surface area contributed by atoms with Crippen LogP contribution in [-0.4, -0.2) is 4.98 Å². The monoisotopic (exact) mass is 700 g/mol. The molecule has 0 radical (unpaired) electrons. The summed E-state index contributed by atoms with van der Waals surface area (Å²) in [5.41, 5.74) is 16.8. The molecule has 12 rings (SSSR count). The van der Waals surface area contributed by atoms with Gasteiger partial charge in [0.1, 0.15) is 11.3 Å². The van der Waals surface area contributed by atoms with Crippen molar-refractivity contribution in [1.29, 1.82) is 0 Å². The fraction of sp³-hybridized carbons (Fsp3) is 0.0192. The van der Waals surface area contributed by atoms with E-state index in [1.807, 2.05) is 12.4 Å². The van der Waals surface area contributed by atoms with E-state index in [2.05, 4.69) is 187 Å². The lowest BCUT2D eigenvalue weighted by Crippen LogP contribution is -2.26. The lowest BCUT2D eigenvalue weighted by molar-refractivity contribution is 0.669. The van der Waals surface area contributed by atoms with Crippen molar-refractivity contribution in [2.24, 2.45) is 0 Å². The number of pyridine rings is 1. The molecule has 0 aliphatic heterocycles. The van der Waals surface area contributed by atoms with E-state index in [-0.39, 0.29) is 0 Å². The van der Waals surface area contributed by atoms with Gasteiger partial charge in [0, 0.05) is 28.2 Å². The van der Waals surface area contributed by atoms with Crippen LogP contribution in [0.25, 0.3) is 66.1 Å². The van der Waals surface area contributed by atoms with Crippen LogP contribution in [0.2, 0.25) is 0 Å². The zero-order valence-electron chi connectivity index (χ0n) is 29.8. The summed E-state index contributed by atoms with van der Waals surface area (Å²) in [6.45, 7) is 0. The van der Waals surface area contributed by atoms with Crippen LogP contribution in [0.15, 0.2) is 199 Å². The van der Waals surface area contributed by atoms with Crippen LogP contribution in [0.5, 0.6) is 0 Å². The van der Waals surface area contributed by atoms with E-state index >= 15 is 0 Å². The summed E-state index contributed by atoms with van der Waals surface area (Å²) in [5.74, 6) is 0. The molecule has 0 amide bonds. The van der Waals surface area contributed by atoms with Gasteiger partial charge in [-0.25, -0.2) is 0 Å². The fourth-order valence-electron chi connectivity index (χ4n) is 9.76. The number of benzene rings is 8. The Morgan fingerprint density at radius 3 is 1.82 bits per heavy atom. The lowest BCUT2D eigenvalue weighted by atomic mass is 9.70. The predicted molar refractivity (Wildman–Crippen MR) is 225 cm³/mol. The van der Waals surface area contributed by atoms with Gasteiger partial charge < -0.3 is 9.32 Å². The normalized spacial score (nSPS) is 13.2. The zero-order chi connectivity index (χ0) is 36.1. The standard InChI is InChI=1S/C52H32N2O/c1-2-13-33(14-3-1)34-25-28-36(29-26-34)54(47-32-53-31-41-49-37-16-5-4-15-35(37)27-30-48(49)55-51(41)47)46-24-12-23-45-50(46)40-19-8-11-22-44(40)52(45)42-20-9-6-17-38(42)39-18-7-10-21-43(39)52/h1-32H. The number of nitrogens with zero attached hydrogens (tertiary/aromatic N) is 2. The molecule has 3 nitrogen and oxygen atoms in total. The summed E-state index contributed by atoms with van der Waals surface area (Å²) < 4.78 is 6.90. The first-order valence-corrected chi connectivity index (χ1v) is 18.9. The first-order chi connectivity index (χ1) is 27.3. The van der Waals surface area contributed by atoms with Crippen LogP contribution >= 0.6 is 0 Å². The molecule has 55 heavy (non-hydrogen) atoms. The molecule has 0 N–H and O–H groups in total. The van der Waals surface area contributed by atoms with E-state index in [0.29, 0.717) is 0 Å². The van der Waals surface area contributed by atoms with Crippen molar-refractivity contribution in [3.05, 3.63) is 217 Å². The van der Waals surface area contributed by atoms with Crippen LogP contribution in [0, 0.1) is 0 Å². The second-order valence-corrected chi connectivity index (χ2v) is 14.6. The quantitative estimate of drug-likeness (QED) is 0.183. The molecule has 2 aromatic heterocycles. The van der Waals surface area contributed by atoms with Crippen LogP contribution in [0.4, 0.5) is 17.1 Å². The van der Waals surface area contributed by atoms with Crippen LogP contribution in [0.1, 0.15) is 22.3 Å². The molecule has 8 aromatic carbocycles. The highest BCUT2D eigenvalue weighted by atomic mass is 16.3. The van der Waals surface area contributed by atoms with E-state index < -0.39 is 5.41 Å². The Hall–Kier alpha value is -7.23. The van der Waals surface area contributed by atoms with Gasteiger partial charge >= 0.3 is 0 Å². The van der Waals surface area contributed by atoms with Gasteiger partial charge in [0.25, 0.3) is 0 Å². The van der Waals surface area contributed by atoms with Gasteiger partial charge in [-0.2, -0.15) is 0 Å². The van der Waals surface area contributed by atoms with E-state index in [9.17, 15) is 0 Å². The third-order valence-corrected chi connectivity index (χ3v) is 12.0. The molecule has 0 unspecified atom stereocenters. The Morgan fingerprint density at radius 2 is 1.05 bits per heavy atom.